The molecule has 28 heavy (non-hydrogen) atoms. The molecule has 0 unspecified atom stereocenters. The van der Waals surface area contributed by atoms with Crippen molar-refractivity contribution in [2.45, 2.75) is 45.3 Å². The smallest absolute Gasteiger partial charge is 0.381 e. The van der Waals surface area contributed by atoms with Crippen LogP contribution in [0, 0.1) is 11.7 Å². The molecule has 0 radical (unpaired) electrons. The van der Waals surface area contributed by atoms with Crippen LogP contribution in [0.3, 0.4) is 0 Å². The molecule has 1 saturated carbocycles. The van der Waals surface area contributed by atoms with Gasteiger partial charge in [0.05, 0.1) is 5.69 Å². The number of hydrogen-bond donors (Lipinski definition) is 1. The largest absolute Gasteiger partial charge is 0.420 e. The fraction of sp³-hybridized carbons (Fsp3) is 0.400. The highest BCUT2D eigenvalue weighted by Crippen LogP contribution is 2.40. The van der Waals surface area contributed by atoms with Crippen LogP contribution in [0.4, 0.5) is 23.2 Å². The third kappa shape index (κ3) is 3.55. The van der Waals surface area contributed by atoms with Crippen LogP contribution in [0.25, 0.3) is 16.8 Å². The van der Waals surface area contributed by atoms with Crippen molar-refractivity contribution in [2.24, 2.45) is 5.92 Å². The van der Waals surface area contributed by atoms with Crippen molar-refractivity contribution in [2.75, 3.05) is 5.32 Å². The fourth-order valence-electron chi connectivity index (χ4n) is 3.35. The Kier molecular flexibility index (Phi) is 4.51. The predicted octanol–water partition coefficient (Wildman–Crippen LogP) is 5.33. The summed E-state index contributed by atoms with van der Waals surface area (Å²) in [5.74, 6) is 0.392. The SMILES string of the molecule is CC(C)Nc1ccc(-c2ccn3c(CC4CC4)nnc3c2C(F)(F)F)cc1F. The lowest BCUT2D eigenvalue weighted by Gasteiger charge is -2.16. The van der Waals surface area contributed by atoms with Crippen LogP contribution in [0.2, 0.25) is 0 Å². The number of hydrogen-bond acceptors (Lipinski definition) is 3. The van der Waals surface area contributed by atoms with Crippen LogP contribution in [-0.4, -0.2) is 20.6 Å². The van der Waals surface area contributed by atoms with Gasteiger partial charge >= 0.3 is 6.18 Å². The second-order valence-corrected chi connectivity index (χ2v) is 7.55. The van der Waals surface area contributed by atoms with E-state index in [1.807, 2.05) is 13.8 Å². The van der Waals surface area contributed by atoms with E-state index in [-0.39, 0.29) is 28.5 Å². The summed E-state index contributed by atoms with van der Waals surface area (Å²) in [6.45, 7) is 3.71. The standard InChI is InChI=1S/C20H20F4N4/c1-11(2)25-16-6-5-13(10-15(16)21)14-7-8-28-17(9-12-3-4-12)26-27-19(28)18(14)20(22,23)24/h5-8,10-12,25H,3-4,9H2,1-2H3. The number of benzene rings is 1. The average molecular weight is 392 g/mol. The monoisotopic (exact) mass is 392 g/mol. The van der Waals surface area contributed by atoms with Crippen LogP contribution in [-0.2, 0) is 12.6 Å². The summed E-state index contributed by atoms with van der Waals surface area (Å²) in [5, 5.41) is 10.7. The van der Waals surface area contributed by atoms with Crippen molar-refractivity contribution in [1.29, 1.82) is 0 Å². The van der Waals surface area contributed by atoms with Gasteiger partial charge in [0.1, 0.15) is 17.2 Å². The van der Waals surface area contributed by atoms with Crippen LogP contribution in [0.5, 0.6) is 0 Å². The van der Waals surface area contributed by atoms with E-state index in [1.165, 1.54) is 28.8 Å². The first kappa shape index (κ1) is 18.7. The summed E-state index contributed by atoms with van der Waals surface area (Å²) >= 11 is 0. The maximum Gasteiger partial charge on any atom is 0.420 e. The molecular formula is C20H20F4N4. The first-order valence-corrected chi connectivity index (χ1v) is 9.24. The van der Waals surface area contributed by atoms with Gasteiger partial charge in [0.25, 0.3) is 0 Å². The van der Waals surface area contributed by atoms with Gasteiger partial charge in [-0.2, -0.15) is 13.2 Å². The molecule has 0 bridgehead atoms. The Hall–Kier alpha value is -2.64. The van der Waals surface area contributed by atoms with Gasteiger partial charge in [-0.25, -0.2) is 4.39 Å². The number of halogens is 4. The minimum absolute atomic E-state index is 0.00307. The zero-order valence-corrected chi connectivity index (χ0v) is 15.5. The fourth-order valence-corrected chi connectivity index (χ4v) is 3.35. The quantitative estimate of drug-likeness (QED) is 0.597. The highest BCUT2D eigenvalue weighted by Gasteiger charge is 2.38. The molecule has 0 saturated heterocycles. The molecule has 4 rings (SSSR count). The highest BCUT2D eigenvalue weighted by atomic mass is 19.4. The highest BCUT2D eigenvalue weighted by molar-refractivity contribution is 5.75. The van der Waals surface area contributed by atoms with Crippen molar-refractivity contribution in [3.05, 3.63) is 47.7 Å². The summed E-state index contributed by atoms with van der Waals surface area (Å²) in [4.78, 5) is 0. The number of anilines is 1. The topological polar surface area (TPSA) is 42.2 Å². The van der Waals surface area contributed by atoms with E-state index in [4.69, 9.17) is 0 Å². The first-order valence-electron chi connectivity index (χ1n) is 9.24. The number of fused-ring (bicyclic) bond motifs is 1. The van der Waals surface area contributed by atoms with Gasteiger partial charge in [0.2, 0.25) is 0 Å². The van der Waals surface area contributed by atoms with Gasteiger partial charge in [-0.05, 0) is 61.9 Å². The molecule has 0 aliphatic heterocycles. The molecule has 2 heterocycles. The van der Waals surface area contributed by atoms with E-state index < -0.39 is 17.6 Å². The predicted molar refractivity (Wildman–Crippen MR) is 98.6 cm³/mol. The molecule has 1 N–H and O–H groups in total. The van der Waals surface area contributed by atoms with E-state index in [2.05, 4.69) is 15.5 Å². The minimum atomic E-state index is -4.65. The van der Waals surface area contributed by atoms with Gasteiger partial charge in [-0.3, -0.25) is 4.40 Å². The molecule has 0 atom stereocenters. The molecule has 4 nitrogen and oxygen atoms in total. The average Bonchev–Trinajstić information content (AvgIpc) is 3.33. The molecule has 1 aromatic carbocycles. The van der Waals surface area contributed by atoms with E-state index >= 15 is 0 Å². The molecule has 148 valence electrons. The van der Waals surface area contributed by atoms with Crippen molar-refractivity contribution in [1.82, 2.24) is 14.6 Å². The molecule has 1 fully saturated rings. The zero-order chi connectivity index (χ0) is 20.1. The van der Waals surface area contributed by atoms with E-state index in [0.29, 0.717) is 18.2 Å². The third-order valence-corrected chi connectivity index (χ3v) is 4.83. The first-order chi connectivity index (χ1) is 13.2. The van der Waals surface area contributed by atoms with Gasteiger partial charge in [0.15, 0.2) is 5.65 Å². The Morgan fingerprint density at radius 3 is 2.54 bits per heavy atom. The Morgan fingerprint density at radius 1 is 1.18 bits per heavy atom. The molecule has 0 spiro atoms. The second kappa shape index (κ2) is 6.76. The van der Waals surface area contributed by atoms with E-state index in [0.717, 1.165) is 18.9 Å². The number of alkyl halides is 3. The number of aromatic nitrogens is 3. The molecule has 1 aliphatic rings. The summed E-state index contributed by atoms with van der Waals surface area (Å²) in [6, 6.07) is 5.42. The van der Waals surface area contributed by atoms with Crippen molar-refractivity contribution < 1.29 is 17.6 Å². The van der Waals surface area contributed by atoms with Gasteiger partial charge in [0, 0.05) is 18.7 Å². The maximum absolute atomic E-state index is 14.4. The van der Waals surface area contributed by atoms with Crippen LogP contribution in [0.1, 0.15) is 38.1 Å². The number of nitrogens with one attached hydrogen (secondary N) is 1. The summed E-state index contributed by atoms with van der Waals surface area (Å²) in [5.41, 5.74) is -0.852. The molecular weight excluding hydrogens is 372 g/mol. The molecule has 1 aliphatic carbocycles. The maximum atomic E-state index is 14.4. The second-order valence-electron chi connectivity index (χ2n) is 7.55. The summed E-state index contributed by atoms with van der Waals surface area (Å²) < 4.78 is 57.6. The Labute approximate surface area is 159 Å². The normalized spacial score (nSPS) is 14.8. The van der Waals surface area contributed by atoms with Gasteiger partial charge < -0.3 is 5.32 Å². The summed E-state index contributed by atoms with van der Waals surface area (Å²) in [7, 11) is 0. The zero-order valence-electron chi connectivity index (χ0n) is 15.5. The summed E-state index contributed by atoms with van der Waals surface area (Å²) in [6.07, 6.45) is -0.366. The number of nitrogens with zero attached hydrogens (tertiary/aromatic N) is 3. The van der Waals surface area contributed by atoms with E-state index in [9.17, 15) is 17.6 Å². The lowest BCUT2D eigenvalue weighted by Crippen LogP contribution is -2.12. The van der Waals surface area contributed by atoms with E-state index in [1.54, 1.807) is 0 Å². The van der Waals surface area contributed by atoms with Crippen molar-refractivity contribution in [3.8, 4) is 11.1 Å². The van der Waals surface area contributed by atoms with Crippen molar-refractivity contribution >= 4 is 11.3 Å². The molecule has 8 heteroatoms. The van der Waals surface area contributed by atoms with Crippen LogP contribution in [0.15, 0.2) is 30.5 Å². The Morgan fingerprint density at radius 2 is 1.93 bits per heavy atom. The van der Waals surface area contributed by atoms with Gasteiger partial charge in [-0.1, -0.05) is 6.07 Å². The molecule has 3 aromatic rings. The van der Waals surface area contributed by atoms with Gasteiger partial charge in [-0.15, -0.1) is 10.2 Å². The lowest BCUT2D eigenvalue weighted by molar-refractivity contribution is -0.136. The Bertz CT molecular complexity index is 1020. The number of rotatable bonds is 5. The third-order valence-electron chi connectivity index (χ3n) is 4.83. The van der Waals surface area contributed by atoms with Crippen LogP contribution >= 0.6 is 0 Å². The van der Waals surface area contributed by atoms with Crippen LogP contribution < -0.4 is 5.32 Å². The van der Waals surface area contributed by atoms with Crippen molar-refractivity contribution in [3.63, 3.8) is 0 Å². The number of pyridine rings is 1. The minimum Gasteiger partial charge on any atom is -0.381 e. The molecule has 2 aromatic heterocycles. The Balaban J connectivity index is 1.83. The lowest BCUT2D eigenvalue weighted by atomic mass is 10.00. The molecule has 0 amide bonds.